The Labute approximate surface area is 162 Å². The molecule has 1 unspecified atom stereocenters. The van der Waals surface area contributed by atoms with Crippen LogP contribution in [0, 0.1) is 5.92 Å². The molecule has 1 heterocycles. The van der Waals surface area contributed by atoms with Crippen molar-refractivity contribution in [1.29, 1.82) is 0 Å². The van der Waals surface area contributed by atoms with Gasteiger partial charge in [0.2, 0.25) is 5.91 Å². The third-order valence-corrected chi connectivity index (χ3v) is 5.07. The quantitative estimate of drug-likeness (QED) is 0.396. The Morgan fingerprint density at radius 1 is 1.26 bits per heavy atom. The minimum absolute atomic E-state index is 0.172. The van der Waals surface area contributed by atoms with E-state index in [0.29, 0.717) is 25.0 Å². The summed E-state index contributed by atoms with van der Waals surface area (Å²) in [5.74, 6) is 1.64. The van der Waals surface area contributed by atoms with Crippen LogP contribution in [-0.4, -0.2) is 56.1 Å². The molecule has 6 nitrogen and oxygen atoms in total. The van der Waals surface area contributed by atoms with Gasteiger partial charge in [0.1, 0.15) is 0 Å². The van der Waals surface area contributed by atoms with Crippen LogP contribution in [0.5, 0.6) is 0 Å². The average Bonchev–Trinajstić information content (AvgIpc) is 3.37. The Morgan fingerprint density at radius 3 is 2.81 bits per heavy atom. The SMILES string of the molecule is CN=C(NCCCC(=O)NC1CC1)N1CCC(COCc2ccccc2)C1. The maximum absolute atomic E-state index is 11.7. The number of hydrogen-bond donors (Lipinski definition) is 2. The van der Waals surface area contributed by atoms with Crippen LogP contribution < -0.4 is 10.6 Å². The molecule has 1 saturated carbocycles. The second kappa shape index (κ2) is 10.3. The molecule has 0 aromatic heterocycles. The molecule has 27 heavy (non-hydrogen) atoms. The monoisotopic (exact) mass is 372 g/mol. The van der Waals surface area contributed by atoms with E-state index in [1.807, 2.05) is 25.2 Å². The number of amides is 1. The third kappa shape index (κ3) is 6.86. The van der Waals surface area contributed by atoms with Crippen molar-refractivity contribution in [3.63, 3.8) is 0 Å². The van der Waals surface area contributed by atoms with Gasteiger partial charge in [0, 0.05) is 45.1 Å². The molecule has 2 aliphatic rings. The van der Waals surface area contributed by atoms with E-state index in [2.05, 4.69) is 32.7 Å². The van der Waals surface area contributed by atoms with Crippen LogP contribution in [0.2, 0.25) is 0 Å². The molecule has 1 atom stereocenters. The minimum Gasteiger partial charge on any atom is -0.376 e. The lowest BCUT2D eigenvalue weighted by atomic mass is 10.1. The number of carbonyl (C=O) groups excluding carboxylic acids is 1. The largest absolute Gasteiger partial charge is 0.376 e. The van der Waals surface area contributed by atoms with Gasteiger partial charge in [-0.25, -0.2) is 0 Å². The topological polar surface area (TPSA) is 66.0 Å². The number of benzene rings is 1. The standard InChI is InChI=1S/C21H32N4O2/c1-22-21(23-12-5-8-20(26)24-19-9-10-19)25-13-11-18(14-25)16-27-15-17-6-3-2-4-7-17/h2-4,6-7,18-19H,5,8-16H2,1H3,(H,22,23)(H,24,26). The van der Waals surface area contributed by atoms with Crippen molar-refractivity contribution < 1.29 is 9.53 Å². The van der Waals surface area contributed by atoms with Crippen molar-refractivity contribution in [1.82, 2.24) is 15.5 Å². The first kappa shape index (κ1) is 19.7. The summed E-state index contributed by atoms with van der Waals surface area (Å²) in [5, 5.41) is 6.42. The zero-order valence-corrected chi connectivity index (χ0v) is 16.3. The van der Waals surface area contributed by atoms with Gasteiger partial charge < -0.3 is 20.3 Å². The second-order valence-corrected chi connectivity index (χ2v) is 7.52. The maximum atomic E-state index is 11.7. The van der Waals surface area contributed by atoms with Crippen molar-refractivity contribution in [2.24, 2.45) is 10.9 Å². The van der Waals surface area contributed by atoms with Crippen LogP contribution in [0.4, 0.5) is 0 Å². The molecule has 6 heteroatoms. The molecule has 1 aromatic carbocycles. The van der Waals surface area contributed by atoms with Gasteiger partial charge in [-0.2, -0.15) is 0 Å². The van der Waals surface area contributed by atoms with Crippen LogP contribution >= 0.6 is 0 Å². The number of guanidine groups is 1. The summed E-state index contributed by atoms with van der Waals surface area (Å²) in [4.78, 5) is 18.4. The smallest absolute Gasteiger partial charge is 0.220 e. The third-order valence-electron chi connectivity index (χ3n) is 5.07. The van der Waals surface area contributed by atoms with Gasteiger partial charge in [0.15, 0.2) is 5.96 Å². The number of nitrogens with zero attached hydrogens (tertiary/aromatic N) is 2. The predicted molar refractivity (Wildman–Crippen MR) is 108 cm³/mol. The molecule has 2 N–H and O–H groups in total. The maximum Gasteiger partial charge on any atom is 0.220 e. The normalized spacial score (nSPS) is 20.0. The van der Waals surface area contributed by atoms with Crippen molar-refractivity contribution in [3.8, 4) is 0 Å². The molecule has 0 bridgehead atoms. The van der Waals surface area contributed by atoms with Gasteiger partial charge in [0.05, 0.1) is 13.2 Å². The van der Waals surface area contributed by atoms with Gasteiger partial charge in [-0.1, -0.05) is 30.3 Å². The van der Waals surface area contributed by atoms with E-state index in [0.717, 1.165) is 57.9 Å². The van der Waals surface area contributed by atoms with Gasteiger partial charge in [-0.3, -0.25) is 9.79 Å². The first-order valence-corrected chi connectivity index (χ1v) is 10.1. The molecule has 1 aromatic rings. The number of rotatable bonds is 9. The molecule has 0 radical (unpaired) electrons. The minimum atomic E-state index is 0.172. The van der Waals surface area contributed by atoms with E-state index in [-0.39, 0.29) is 5.91 Å². The molecule has 148 valence electrons. The van der Waals surface area contributed by atoms with Gasteiger partial charge in [-0.15, -0.1) is 0 Å². The summed E-state index contributed by atoms with van der Waals surface area (Å²) in [6.07, 6.45) is 4.81. The fraction of sp³-hybridized carbons (Fsp3) is 0.619. The average molecular weight is 373 g/mol. The Bertz CT molecular complexity index is 616. The van der Waals surface area contributed by atoms with Crippen molar-refractivity contribution in [2.75, 3.05) is 33.3 Å². The van der Waals surface area contributed by atoms with Crippen LogP contribution in [-0.2, 0) is 16.1 Å². The number of ether oxygens (including phenoxy) is 1. The zero-order valence-electron chi connectivity index (χ0n) is 16.3. The molecule has 2 fully saturated rings. The van der Waals surface area contributed by atoms with Gasteiger partial charge >= 0.3 is 0 Å². The lowest BCUT2D eigenvalue weighted by Crippen LogP contribution is -2.40. The molecule has 1 aliphatic carbocycles. The lowest BCUT2D eigenvalue weighted by Gasteiger charge is -2.21. The first-order valence-electron chi connectivity index (χ1n) is 10.1. The number of aliphatic imine (C=N–C) groups is 1. The second-order valence-electron chi connectivity index (χ2n) is 7.52. The summed E-state index contributed by atoms with van der Waals surface area (Å²) in [6, 6.07) is 10.7. The fourth-order valence-corrected chi connectivity index (χ4v) is 3.39. The van der Waals surface area contributed by atoms with E-state index in [1.165, 1.54) is 5.56 Å². The van der Waals surface area contributed by atoms with E-state index in [1.54, 1.807) is 0 Å². The van der Waals surface area contributed by atoms with Crippen LogP contribution in [0.3, 0.4) is 0 Å². The molecular weight excluding hydrogens is 340 g/mol. The van der Waals surface area contributed by atoms with Crippen LogP contribution in [0.1, 0.15) is 37.7 Å². The summed E-state index contributed by atoms with van der Waals surface area (Å²) < 4.78 is 5.90. The van der Waals surface area contributed by atoms with Crippen molar-refractivity contribution in [2.45, 2.75) is 44.8 Å². The summed E-state index contributed by atoms with van der Waals surface area (Å²) in [7, 11) is 1.82. The van der Waals surface area contributed by atoms with E-state index < -0.39 is 0 Å². The zero-order chi connectivity index (χ0) is 18.9. The van der Waals surface area contributed by atoms with E-state index >= 15 is 0 Å². The van der Waals surface area contributed by atoms with E-state index in [9.17, 15) is 4.79 Å². The lowest BCUT2D eigenvalue weighted by molar-refractivity contribution is -0.121. The molecule has 0 spiro atoms. The number of likely N-dealkylation sites (tertiary alicyclic amines) is 1. The van der Waals surface area contributed by atoms with Crippen LogP contribution in [0.15, 0.2) is 35.3 Å². The number of nitrogens with one attached hydrogen (secondary N) is 2. The van der Waals surface area contributed by atoms with Gasteiger partial charge in [-0.05, 0) is 31.2 Å². The highest BCUT2D eigenvalue weighted by atomic mass is 16.5. The van der Waals surface area contributed by atoms with Crippen LogP contribution in [0.25, 0.3) is 0 Å². The molecular formula is C21H32N4O2. The van der Waals surface area contributed by atoms with Gasteiger partial charge in [0.25, 0.3) is 0 Å². The molecule has 1 aliphatic heterocycles. The summed E-state index contributed by atoms with van der Waals surface area (Å²) in [5.41, 5.74) is 1.22. The summed E-state index contributed by atoms with van der Waals surface area (Å²) in [6.45, 7) is 4.20. The highest BCUT2D eigenvalue weighted by Crippen LogP contribution is 2.19. The highest BCUT2D eigenvalue weighted by Gasteiger charge is 2.25. The number of carbonyl (C=O) groups is 1. The molecule has 1 saturated heterocycles. The fourth-order valence-electron chi connectivity index (χ4n) is 3.39. The Hall–Kier alpha value is -2.08. The predicted octanol–water partition coefficient (Wildman–Crippen LogP) is 2.16. The first-order chi connectivity index (χ1) is 13.2. The Balaban J connectivity index is 1.29. The Kier molecular flexibility index (Phi) is 7.51. The molecule has 3 rings (SSSR count). The number of hydrogen-bond acceptors (Lipinski definition) is 3. The summed E-state index contributed by atoms with van der Waals surface area (Å²) >= 11 is 0. The molecule has 1 amide bonds. The highest BCUT2D eigenvalue weighted by molar-refractivity contribution is 5.80. The van der Waals surface area contributed by atoms with E-state index in [4.69, 9.17) is 4.74 Å². The van der Waals surface area contributed by atoms with Crippen molar-refractivity contribution >= 4 is 11.9 Å². The van der Waals surface area contributed by atoms with Crippen molar-refractivity contribution in [3.05, 3.63) is 35.9 Å². The Morgan fingerprint density at radius 2 is 2.07 bits per heavy atom.